The van der Waals surface area contributed by atoms with Gasteiger partial charge >= 0.3 is 5.97 Å². The van der Waals surface area contributed by atoms with Gasteiger partial charge < -0.3 is 4.74 Å². The summed E-state index contributed by atoms with van der Waals surface area (Å²) >= 11 is 7.40. The Morgan fingerprint density at radius 3 is 2.00 bits per heavy atom. The third-order valence-electron chi connectivity index (χ3n) is 7.06. The number of methoxy groups -OCH3 is 1. The number of carbonyl (C=O) groups is 3. The molecule has 0 unspecified atom stereocenters. The number of rotatable bonds is 2. The second-order valence-electron chi connectivity index (χ2n) is 8.42. The van der Waals surface area contributed by atoms with Crippen LogP contribution in [0.5, 0.6) is 0 Å². The second-order valence-corrected chi connectivity index (χ2v) is 9.01. The van der Waals surface area contributed by atoms with Crippen LogP contribution >= 0.6 is 11.6 Å². The minimum absolute atomic E-state index is 0.233. The van der Waals surface area contributed by atoms with Gasteiger partial charge in [0.05, 0.1) is 30.2 Å². The first-order valence-corrected chi connectivity index (χ1v) is 10.8. The number of alkyl halides is 1. The van der Waals surface area contributed by atoms with Crippen molar-refractivity contribution in [1.82, 2.24) is 0 Å². The molecule has 7 rings (SSSR count). The molecule has 0 radical (unpaired) electrons. The number of imide groups is 1. The van der Waals surface area contributed by atoms with Gasteiger partial charge in [-0.15, -0.1) is 11.6 Å². The van der Waals surface area contributed by atoms with Gasteiger partial charge in [-0.3, -0.25) is 9.59 Å². The summed E-state index contributed by atoms with van der Waals surface area (Å²) < 4.78 is 4.74. The first kappa shape index (κ1) is 19.3. The van der Waals surface area contributed by atoms with Crippen LogP contribution in [0.25, 0.3) is 0 Å². The third kappa shape index (κ3) is 2.21. The number of ether oxygens (including phenoxy) is 1. The predicted octanol–water partition coefficient (Wildman–Crippen LogP) is 4.22. The molecule has 3 aliphatic carbocycles. The van der Waals surface area contributed by atoms with Gasteiger partial charge in [0.1, 0.15) is 4.87 Å². The van der Waals surface area contributed by atoms with Crippen molar-refractivity contribution in [2.75, 3.05) is 12.0 Å². The van der Waals surface area contributed by atoms with E-state index >= 15 is 0 Å². The van der Waals surface area contributed by atoms with E-state index in [0.717, 1.165) is 22.3 Å². The number of nitrogens with zero attached hydrogens (tertiary/aromatic N) is 1. The molecule has 1 saturated heterocycles. The number of carbonyl (C=O) groups excluding carboxylic acids is 3. The minimum atomic E-state index is -1.11. The summed E-state index contributed by atoms with van der Waals surface area (Å²) in [6.45, 7) is 0. The largest absolute Gasteiger partial charge is 0.465 e. The van der Waals surface area contributed by atoms with Gasteiger partial charge in [-0.05, 0) is 46.5 Å². The highest BCUT2D eigenvalue weighted by molar-refractivity contribution is 6.33. The number of hydrogen-bond donors (Lipinski definition) is 0. The standard InChI is InChI=1S/C26H18ClNO4/c1-32-25(31)14-10-12-15(13-11-14)28-23(29)21-20-16-6-2-4-8-18(16)26(27,22(21)24(28)30)19-9-5-3-7-17(19)20/h2-13,20-22H,1H3/t20?,21-,22-,26?/m0/s1. The maximum absolute atomic E-state index is 13.8. The Labute approximate surface area is 189 Å². The molecule has 0 N–H and O–H groups in total. The lowest BCUT2D eigenvalue weighted by molar-refractivity contribution is -0.122. The number of halogens is 1. The number of amides is 2. The molecule has 5 nitrogen and oxygen atoms in total. The van der Waals surface area contributed by atoms with E-state index in [4.69, 9.17) is 16.3 Å². The van der Waals surface area contributed by atoms with Crippen LogP contribution in [0.1, 0.15) is 38.5 Å². The molecule has 0 saturated carbocycles. The first-order chi connectivity index (χ1) is 15.5. The summed E-state index contributed by atoms with van der Waals surface area (Å²) in [7, 11) is 1.31. The normalized spacial score (nSPS) is 27.1. The highest BCUT2D eigenvalue weighted by Crippen LogP contribution is 2.65. The maximum atomic E-state index is 13.8. The van der Waals surface area contributed by atoms with Crippen molar-refractivity contribution in [1.29, 1.82) is 0 Å². The topological polar surface area (TPSA) is 63.7 Å². The summed E-state index contributed by atoms with van der Waals surface area (Å²) in [4.78, 5) is 39.4. The summed E-state index contributed by atoms with van der Waals surface area (Å²) in [5.41, 5.74) is 4.58. The Kier molecular flexibility index (Phi) is 3.93. The Balaban J connectivity index is 1.52. The van der Waals surface area contributed by atoms with E-state index in [0.29, 0.717) is 11.3 Å². The zero-order valence-electron chi connectivity index (χ0n) is 17.1. The average molecular weight is 444 g/mol. The number of anilines is 1. The van der Waals surface area contributed by atoms with Crippen LogP contribution in [0.2, 0.25) is 0 Å². The Morgan fingerprint density at radius 2 is 1.44 bits per heavy atom. The zero-order valence-corrected chi connectivity index (χ0v) is 17.9. The number of esters is 1. The molecule has 6 heteroatoms. The number of benzene rings is 3. The molecule has 0 aromatic heterocycles. The van der Waals surface area contributed by atoms with E-state index in [1.807, 2.05) is 48.5 Å². The van der Waals surface area contributed by atoms with Gasteiger partial charge in [-0.25, -0.2) is 9.69 Å². The van der Waals surface area contributed by atoms with E-state index in [2.05, 4.69) is 0 Å². The lowest BCUT2D eigenvalue weighted by atomic mass is 9.54. The average Bonchev–Trinajstić information content (AvgIpc) is 3.10. The Bertz CT molecular complexity index is 1270. The van der Waals surface area contributed by atoms with Crippen LogP contribution in [0.4, 0.5) is 5.69 Å². The highest BCUT2D eigenvalue weighted by Gasteiger charge is 2.67. The smallest absolute Gasteiger partial charge is 0.337 e. The van der Waals surface area contributed by atoms with Crippen molar-refractivity contribution in [3.63, 3.8) is 0 Å². The van der Waals surface area contributed by atoms with Gasteiger partial charge in [0, 0.05) is 5.92 Å². The Hall–Kier alpha value is -3.44. The molecule has 1 fully saturated rings. The van der Waals surface area contributed by atoms with E-state index < -0.39 is 22.7 Å². The fourth-order valence-corrected chi connectivity index (χ4v) is 6.37. The summed E-state index contributed by atoms with van der Waals surface area (Å²) in [5, 5.41) is 0. The van der Waals surface area contributed by atoms with Crippen LogP contribution in [-0.4, -0.2) is 24.9 Å². The van der Waals surface area contributed by atoms with Gasteiger partial charge in [0.2, 0.25) is 11.8 Å². The van der Waals surface area contributed by atoms with Crippen LogP contribution in [0, 0.1) is 11.8 Å². The first-order valence-electron chi connectivity index (χ1n) is 10.4. The van der Waals surface area contributed by atoms with E-state index in [-0.39, 0.29) is 17.7 Å². The van der Waals surface area contributed by atoms with Crippen molar-refractivity contribution in [2.24, 2.45) is 11.8 Å². The van der Waals surface area contributed by atoms with Gasteiger partial charge in [0.15, 0.2) is 0 Å². The molecule has 2 bridgehead atoms. The SMILES string of the molecule is COC(=O)c1ccc(N2C(=O)[C@@H]3[C@@H](C2=O)C2c4ccccc4C3(Cl)c3ccccc32)cc1. The van der Waals surface area contributed by atoms with Crippen LogP contribution in [0.3, 0.4) is 0 Å². The molecule has 1 heterocycles. The monoisotopic (exact) mass is 443 g/mol. The van der Waals surface area contributed by atoms with Crippen molar-refractivity contribution in [2.45, 2.75) is 10.8 Å². The molecule has 3 aromatic carbocycles. The van der Waals surface area contributed by atoms with Crippen LogP contribution in [-0.2, 0) is 19.2 Å². The van der Waals surface area contributed by atoms with Gasteiger partial charge in [0.25, 0.3) is 0 Å². The summed E-state index contributed by atoms with van der Waals surface area (Å²) in [6.07, 6.45) is 0. The quantitative estimate of drug-likeness (QED) is 0.338. The van der Waals surface area contributed by atoms with Crippen molar-refractivity contribution in [3.05, 3.63) is 101 Å². The molecule has 0 spiro atoms. The summed E-state index contributed by atoms with van der Waals surface area (Å²) in [5.74, 6) is -2.56. The molecular formula is C26H18ClNO4. The summed E-state index contributed by atoms with van der Waals surface area (Å²) in [6, 6.07) is 22.0. The molecule has 32 heavy (non-hydrogen) atoms. The molecule has 2 atom stereocenters. The fraction of sp³-hybridized carbons (Fsp3) is 0.192. The van der Waals surface area contributed by atoms with Crippen molar-refractivity contribution >= 4 is 35.1 Å². The van der Waals surface area contributed by atoms with E-state index in [9.17, 15) is 14.4 Å². The lowest BCUT2D eigenvalue weighted by Crippen LogP contribution is -2.50. The molecular weight excluding hydrogens is 426 g/mol. The predicted molar refractivity (Wildman–Crippen MR) is 119 cm³/mol. The van der Waals surface area contributed by atoms with Gasteiger partial charge in [-0.1, -0.05) is 48.5 Å². The third-order valence-corrected chi connectivity index (χ3v) is 7.70. The Morgan fingerprint density at radius 1 is 0.875 bits per heavy atom. The minimum Gasteiger partial charge on any atom is -0.465 e. The number of hydrogen-bond acceptors (Lipinski definition) is 4. The van der Waals surface area contributed by atoms with E-state index in [1.165, 1.54) is 12.0 Å². The molecule has 2 amide bonds. The van der Waals surface area contributed by atoms with Crippen LogP contribution in [0.15, 0.2) is 72.8 Å². The van der Waals surface area contributed by atoms with Crippen molar-refractivity contribution in [3.8, 4) is 0 Å². The zero-order chi connectivity index (χ0) is 22.2. The van der Waals surface area contributed by atoms with E-state index in [1.54, 1.807) is 24.3 Å². The molecule has 4 aliphatic rings. The highest BCUT2D eigenvalue weighted by atomic mass is 35.5. The second kappa shape index (κ2) is 6.53. The maximum Gasteiger partial charge on any atom is 0.337 e. The van der Waals surface area contributed by atoms with Crippen LogP contribution < -0.4 is 4.90 Å². The molecule has 3 aromatic rings. The van der Waals surface area contributed by atoms with Crippen molar-refractivity contribution < 1.29 is 19.1 Å². The lowest BCUT2D eigenvalue weighted by Gasteiger charge is -2.50. The fourth-order valence-electron chi connectivity index (χ4n) is 5.80. The molecule has 158 valence electrons. The van der Waals surface area contributed by atoms with Gasteiger partial charge in [-0.2, -0.15) is 0 Å². The molecule has 1 aliphatic heterocycles.